The largest absolute Gasteiger partial charge is 0.394 e. The van der Waals surface area contributed by atoms with Crippen molar-refractivity contribution >= 4 is 5.91 Å². The summed E-state index contributed by atoms with van der Waals surface area (Å²) < 4.78 is 11.2. The molecule has 0 radical (unpaired) electrons. The first kappa shape index (κ1) is 60.3. The number of ether oxygens (including phenoxy) is 2. The van der Waals surface area contributed by atoms with Crippen molar-refractivity contribution in [1.29, 1.82) is 0 Å². The second-order valence-electron chi connectivity index (χ2n) is 20.8. The van der Waals surface area contributed by atoms with Crippen molar-refractivity contribution in [2.24, 2.45) is 5.92 Å². The van der Waals surface area contributed by atoms with Crippen LogP contribution in [0.25, 0.3) is 0 Å². The van der Waals surface area contributed by atoms with E-state index < -0.39 is 55.6 Å². The molecule has 8 atom stereocenters. The molecule has 0 aromatic rings. The van der Waals surface area contributed by atoms with Crippen molar-refractivity contribution in [3.8, 4) is 0 Å². The minimum Gasteiger partial charge on any atom is -0.394 e. The van der Waals surface area contributed by atoms with Crippen molar-refractivity contribution in [2.75, 3.05) is 13.2 Å². The predicted molar refractivity (Wildman–Crippen MR) is 267 cm³/mol. The zero-order chi connectivity index (χ0) is 47.0. The number of unbranched alkanes of at least 4 members (excludes halogenated alkanes) is 32. The number of hydrogen-bond donors (Lipinski definition) is 7. The van der Waals surface area contributed by atoms with Crippen LogP contribution in [0.5, 0.6) is 0 Å². The van der Waals surface area contributed by atoms with Crippen LogP contribution in [0.4, 0.5) is 0 Å². The Morgan fingerprint density at radius 2 is 0.969 bits per heavy atom. The van der Waals surface area contributed by atoms with Gasteiger partial charge in [-0.05, 0) is 18.8 Å². The van der Waals surface area contributed by atoms with Crippen LogP contribution in [-0.2, 0) is 14.3 Å². The van der Waals surface area contributed by atoms with E-state index in [1.165, 1.54) is 218 Å². The van der Waals surface area contributed by atoms with Gasteiger partial charge in [-0.2, -0.15) is 0 Å². The smallest absolute Gasteiger partial charge is 0.220 e. The predicted octanol–water partition coefficient (Wildman–Crippen LogP) is 12.0. The summed E-state index contributed by atoms with van der Waals surface area (Å²) in [5.41, 5.74) is 0. The van der Waals surface area contributed by atoms with E-state index in [0.29, 0.717) is 12.8 Å². The molecule has 2 fully saturated rings. The molecule has 2 aliphatic rings. The van der Waals surface area contributed by atoms with Crippen molar-refractivity contribution < 1.29 is 44.9 Å². The first-order valence-corrected chi connectivity index (χ1v) is 28.4. The quantitative estimate of drug-likeness (QED) is 0.0294. The molecule has 1 saturated heterocycles. The van der Waals surface area contributed by atoms with Gasteiger partial charge in [0, 0.05) is 6.42 Å². The number of carbonyl (C=O) groups is 1. The summed E-state index contributed by atoms with van der Waals surface area (Å²) >= 11 is 0. The first-order valence-electron chi connectivity index (χ1n) is 28.4. The molecule has 1 amide bonds. The van der Waals surface area contributed by atoms with E-state index in [4.69, 9.17) is 9.47 Å². The molecule has 1 heterocycles. The highest BCUT2D eigenvalue weighted by Gasteiger charge is 2.44. The van der Waals surface area contributed by atoms with Gasteiger partial charge < -0.3 is 45.4 Å². The third-order valence-corrected chi connectivity index (χ3v) is 14.8. The SMILES string of the molecule is CCCCCCCCCCCCCC[C@@H](O)[C@@H](O)[C@H](COC1OC(CO)C(O)C(O)C1O)NC(=O)CCCCCCCCCCCCCCCCCCCCCCCCC1CCCCC1. The van der Waals surface area contributed by atoms with Gasteiger partial charge in [0.1, 0.15) is 30.5 Å². The van der Waals surface area contributed by atoms with Crippen molar-refractivity contribution in [3.63, 3.8) is 0 Å². The van der Waals surface area contributed by atoms with Gasteiger partial charge in [0.15, 0.2) is 6.29 Å². The van der Waals surface area contributed by atoms with E-state index in [-0.39, 0.29) is 12.5 Å². The molecule has 0 bridgehead atoms. The summed E-state index contributed by atoms with van der Waals surface area (Å²) in [6.07, 6.45) is 43.3. The van der Waals surface area contributed by atoms with Crippen molar-refractivity contribution in [3.05, 3.63) is 0 Å². The molecule has 0 spiro atoms. The maximum Gasteiger partial charge on any atom is 0.220 e. The lowest BCUT2D eigenvalue weighted by atomic mass is 9.85. The average Bonchev–Trinajstić information content (AvgIpc) is 3.31. The summed E-state index contributed by atoms with van der Waals surface area (Å²) in [5, 5.41) is 65.4. The lowest BCUT2D eigenvalue weighted by Crippen LogP contribution is -2.60. The second-order valence-corrected chi connectivity index (χ2v) is 20.8. The minimum atomic E-state index is -1.60. The fourth-order valence-corrected chi connectivity index (χ4v) is 10.3. The van der Waals surface area contributed by atoms with Crippen LogP contribution in [0.1, 0.15) is 277 Å². The highest BCUT2D eigenvalue weighted by atomic mass is 16.7. The van der Waals surface area contributed by atoms with Crippen molar-refractivity contribution in [2.45, 2.75) is 326 Å². The number of amides is 1. The van der Waals surface area contributed by atoms with Gasteiger partial charge in [0.05, 0.1) is 25.4 Å². The number of nitrogens with one attached hydrogen (secondary N) is 1. The number of hydrogen-bond acceptors (Lipinski definition) is 9. The zero-order valence-electron chi connectivity index (χ0n) is 42.2. The number of carbonyl (C=O) groups excluding carboxylic acids is 1. The monoisotopic (exact) mass is 926 g/mol. The van der Waals surface area contributed by atoms with E-state index in [1.54, 1.807) is 0 Å². The fraction of sp³-hybridized carbons (Fsp3) is 0.982. The van der Waals surface area contributed by atoms with Gasteiger partial charge in [0.25, 0.3) is 0 Å². The molecule has 2 rings (SSSR count). The van der Waals surface area contributed by atoms with Crippen LogP contribution < -0.4 is 5.32 Å². The third kappa shape index (κ3) is 31.1. The summed E-state index contributed by atoms with van der Waals surface area (Å²) in [5.74, 6) is 0.809. The van der Waals surface area contributed by atoms with Crippen LogP contribution in [0.2, 0.25) is 0 Å². The van der Waals surface area contributed by atoms with E-state index in [0.717, 1.165) is 44.4 Å². The molecule has 7 N–H and O–H groups in total. The summed E-state index contributed by atoms with van der Waals surface area (Å²) in [6.45, 7) is 1.35. The summed E-state index contributed by atoms with van der Waals surface area (Å²) in [6, 6.07) is -0.985. The Morgan fingerprint density at radius 3 is 1.42 bits per heavy atom. The molecule has 1 saturated carbocycles. The van der Waals surface area contributed by atoms with E-state index >= 15 is 0 Å². The number of aliphatic hydroxyl groups excluding tert-OH is 6. The Labute approximate surface area is 399 Å². The lowest BCUT2D eigenvalue weighted by Gasteiger charge is -2.40. The molecule has 65 heavy (non-hydrogen) atoms. The average molecular weight is 926 g/mol. The van der Waals surface area contributed by atoms with Crippen LogP contribution >= 0.6 is 0 Å². The first-order chi connectivity index (χ1) is 31.8. The standard InChI is InChI=1S/C55H107NO9/c1-2-3-4-5-6-7-8-22-25-28-31-37-42-48(58)51(60)47(45-64-55-54(63)53(62)52(61)49(44-57)65-55)56-50(59)43-38-32-29-26-23-20-18-16-14-12-10-9-11-13-15-17-19-21-24-27-30-34-39-46-40-35-33-36-41-46/h46-49,51-55,57-58,60-63H,2-45H2,1H3,(H,56,59)/t47-,48+,49?,51-,52?,53?,54?,55?/m0/s1. The molecule has 10 nitrogen and oxygen atoms in total. The molecule has 0 aromatic heterocycles. The Balaban J connectivity index is 1.50. The Hall–Kier alpha value is -0.850. The zero-order valence-corrected chi connectivity index (χ0v) is 42.2. The maximum atomic E-state index is 13.1. The Morgan fingerprint density at radius 1 is 0.554 bits per heavy atom. The van der Waals surface area contributed by atoms with Crippen LogP contribution in [0, 0.1) is 5.92 Å². The van der Waals surface area contributed by atoms with Gasteiger partial charge in [-0.15, -0.1) is 0 Å². The van der Waals surface area contributed by atoms with Gasteiger partial charge >= 0.3 is 0 Å². The normalized spacial score (nSPS) is 22.0. The Kier molecular flexibility index (Phi) is 39.0. The molecule has 1 aliphatic heterocycles. The van der Waals surface area contributed by atoms with Crippen LogP contribution in [0.3, 0.4) is 0 Å². The lowest BCUT2D eigenvalue weighted by molar-refractivity contribution is -0.303. The summed E-state index contributed by atoms with van der Waals surface area (Å²) in [7, 11) is 0. The second kappa shape index (κ2) is 42.1. The minimum absolute atomic E-state index is 0.250. The fourth-order valence-electron chi connectivity index (χ4n) is 10.3. The Bertz CT molecular complexity index is 1040. The van der Waals surface area contributed by atoms with E-state index in [1.807, 2.05) is 0 Å². The molecular weight excluding hydrogens is 819 g/mol. The van der Waals surface area contributed by atoms with Gasteiger partial charge in [-0.25, -0.2) is 0 Å². The maximum absolute atomic E-state index is 13.1. The third-order valence-electron chi connectivity index (χ3n) is 14.8. The van der Waals surface area contributed by atoms with E-state index in [2.05, 4.69) is 12.2 Å². The topological polar surface area (TPSA) is 169 Å². The molecule has 5 unspecified atom stereocenters. The van der Waals surface area contributed by atoms with Crippen molar-refractivity contribution in [1.82, 2.24) is 5.32 Å². The van der Waals surface area contributed by atoms with Crippen LogP contribution in [0.15, 0.2) is 0 Å². The van der Waals surface area contributed by atoms with Gasteiger partial charge in [0.2, 0.25) is 5.91 Å². The molecular formula is C55H107NO9. The molecule has 0 aromatic carbocycles. The number of rotatable bonds is 45. The molecule has 1 aliphatic carbocycles. The highest BCUT2D eigenvalue weighted by Crippen LogP contribution is 2.28. The number of aliphatic hydroxyl groups is 6. The van der Waals surface area contributed by atoms with E-state index in [9.17, 15) is 35.4 Å². The molecule has 10 heteroatoms. The van der Waals surface area contributed by atoms with Gasteiger partial charge in [-0.1, -0.05) is 257 Å². The van der Waals surface area contributed by atoms with Crippen LogP contribution in [-0.4, -0.2) is 98.7 Å². The summed E-state index contributed by atoms with van der Waals surface area (Å²) in [4.78, 5) is 13.1. The highest BCUT2D eigenvalue weighted by molar-refractivity contribution is 5.76. The molecule has 386 valence electrons. The van der Waals surface area contributed by atoms with Gasteiger partial charge in [-0.3, -0.25) is 4.79 Å².